The Morgan fingerprint density at radius 3 is 1.12 bits per heavy atom. The average molecular weight is 929 g/mol. The number of amides is 1. The van der Waals surface area contributed by atoms with Crippen molar-refractivity contribution >= 4 is 11.9 Å². The third-order valence-corrected chi connectivity index (χ3v) is 13.4. The van der Waals surface area contributed by atoms with E-state index in [0.717, 1.165) is 77.0 Å². The molecule has 0 heterocycles. The lowest BCUT2D eigenvalue weighted by atomic mass is 10.0. The summed E-state index contributed by atoms with van der Waals surface area (Å²) in [7, 11) is 0. The first kappa shape index (κ1) is 64.1. The molecule has 0 aliphatic heterocycles. The number of hydrogen-bond acceptors (Lipinski definition) is 5. The van der Waals surface area contributed by atoms with Crippen LogP contribution in [0.25, 0.3) is 0 Å². The molecule has 6 heteroatoms. The number of hydrogen-bond donors (Lipinski definition) is 3. The maximum Gasteiger partial charge on any atom is 0.305 e. The van der Waals surface area contributed by atoms with Crippen LogP contribution in [0.1, 0.15) is 309 Å². The summed E-state index contributed by atoms with van der Waals surface area (Å²) in [4.78, 5) is 24.5. The molecule has 0 saturated carbocycles. The van der Waals surface area contributed by atoms with Crippen molar-refractivity contribution in [3.05, 3.63) is 36.5 Å². The zero-order chi connectivity index (χ0) is 47.9. The molecule has 66 heavy (non-hydrogen) atoms. The first-order chi connectivity index (χ1) is 32.5. The van der Waals surface area contributed by atoms with Gasteiger partial charge in [0, 0.05) is 12.8 Å². The standard InChI is InChI=1S/C60H113NO5/c1-3-5-7-9-11-13-15-17-18-19-24-27-30-34-38-42-46-50-54-60(65)66-55-51-47-43-39-35-31-28-25-22-20-21-23-26-29-33-37-41-45-49-53-59(64)61-57(56-62)58(63)52-48-44-40-36-32-16-14-12-10-8-6-4-2/h25,28,31,35,48,52,57-58,62-63H,3-24,26-27,29-30,32-34,36-47,49-51,53-56H2,1-2H3,(H,61,64)/b28-25-,35-31-,52-48+. The molecule has 0 aromatic heterocycles. The molecular weight excluding hydrogens is 815 g/mol. The third kappa shape index (κ3) is 51.5. The van der Waals surface area contributed by atoms with Crippen molar-refractivity contribution in [2.75, 3.05) is 13.2 Å². The summed E-state index contributed by atoms with van der Waals surface area (Å²) in [5.41, 5.74) is 0. The Hall–Kier alpha value is -1.92. The van der Waals surface area contributed by atoms with Crippen molar-refractivity contribution in [1.29, 1.82) is 0 Å². The van der Waals surface area contributed by atoms with Crippen LogP contribution in [0.3, 0.4) is 0 Å². The second-order valence-electron chi connectivity index (χ2n) is 20.0. The highest BCUT2D eigenvalue weighted by Crippen LogP contribution is 2.17. The van der Waals surface area contributed by atoms with E-state index in [1.165, 1.54) is 205 Å². The molecule has 6 nitrogen and oxygen atoms in total. The van der Waals surface area contributed by atoms with Crippen LogP contribution in [0.4, 0.5) is 0 Å². The number of esters is 1. The number of aliphatic hydroxyl groups excluding tert-OH is 2. The summed E-state index contributed by atoms with van der Waals surface area (Å²) in [5.74, 6) is -0.0885. The highest BCUT2D eigenvalue weighted by molar-refractivity contribution is 5.76. The van der Waals surface area contributed by atoms with Crippen LogP contribution in [0.5, 0.6) is 0 Å². The number of unbranched alkanes of at least 4 members (excludes halogenated alkanes) is 40. The van der Waals surface area contributed by atoms with E-state index in [4.69, 9.17) is 4.74 Å². The van der Waals surface area contributed by atoms with Crippen LogP contribution in [0.2, 0.25) is 0 Å². The Kier molecular flexibility index (Phi) is 54.1. The fraction of sp³-hybridized carbons (Fsp3) is 0.867. The highest BCUT2D eigenvalue weighted by Gasteiger charge is 2.18. The maximum atomic E-state index is 12.4. The monoisotopic (exact) mass is 928 g/mol. The number of carbonyl (C=O) groups is 2. The van der Waals surface area contributed by atoms with E-state index in [1.807, 2.05) is 6.08 Å². The second kappa shape index (κ2) is 55.7. The van der Waals surface area contributed by atoms with Gasteiger partial charge in [-0.3, -0.25) is 9.59 Å². The smallest absolute Gasteiger partial charge is 0.305 e. The molecule has 0 aromatic carbocycles. The molecule has 0 aromatic rings. The largest absolute Gasteiger partial charge is 0.466 e. The summed E-state index contributed by atoms with van der Waals surface area (Å²) >= 11 is 0. The Balaban J connectivity index is 3.47. The van der Waals surface area contributed by atoms with Crippen molar-refractivity contribution < 1.29 is 24.5 Å². The van der Waals surface area contributed by atoms with Gasteiger partial charge in [-0.05, 0) is 64.2 Å². The molecule has 1 amide bonds. The van der Waals surface area contributed by atoms with Crippen molar-refractivity contribution in [2.24, 2.45) is 0 Å². The van der Waals surface area contributed by atoms with Crippen molar-refractivity contribution in [2.45, 2.75) is 321 Å². The minimum absolute atomic E-state index is 0.0100. The van der Waals surface area contributed by atoms with Crippen LogP contribution in [0.15, 0.2) is 36.5 Å². The number of rotatable bonds is 54. The summed E-state index contributed by atoms with van der Waals surface area (Å²) in [6.07, 6.45) is 68.9. The van der Waals surface area contributed by atoms with Gasteiger partial charge in [-0.2, -0.15) is 0 Å². The van der Waals surface area contributed by atoms with Gasteiger partial charge in [0.05, 0.1) is 25.4 Å². The summed E-state index contributed by atoms with van der Waals surface area (Å²) in [6, 6.07) is -0.635. The molecule has 388 valence electrons. The molecule has 0 bridgehead atoms. The molecule has 0 aliphatic carbocycles. The van der Waals surface area contributed by atoms with Gasteiger partial charge in [-0.1, -0.05) is 269 Å². The van der Waals surface area contributed by atoms with E-state index in [-0.39, 0.29) is 18.5 Å². The van der Waals surface area contributed by atoms with Crippen LogP contribution < -0.4 is 5.32 Å². The van der Waals surface area contributed by atoms with Gasteiger partial charge in [0.25, 0.3) is 0 Å². The number of aliphatic hydroxyl groups is 2. The molecule has 0 radical (unpaired) electrons. The van der Waals surface area contributed by atoms with Crippen LogP contribution in [0, 0.1) is 0 Å². The molecule has 0 fully saturated rings. The number of carbonyl (C=O) groups excluding carboxylic acids is 2. The predicted molar refractivity (Wildman–Crippen MR) is 287 cm³/mol. The Bertz CT molecular complexity index is 1070. The van der Waals surface area contributed by atoms with E-state index in [0.29, 0.717) is 19.4 Å². The predicted octanol–water partition coefficient (Wildman–Crippen LogP) is 18.0. The topological polar surface area (TPSA) is 95.9 Å². The second-order valence-corrected chi connectivity index (χ2v) is 20.0. The zero-order valence-corrected chi connectivity index (χ0v) is 44.2. The van der Waals surface area contributed by atoms with Gasteiger partial charge in [-0.15, -0.1) is 0 Å². The molecule has 0 saturated heterocycles. The molecule has 0 rings (SSSR count). The van der Waals surface area contributed by atoms with Gasteiger partial charge in [0.1, 0.15) is 0 Å². The quantitative estimate of drug-likeness (QED) is 0.0244. The lowest BCUT2D eigenvalue weighted by Gasteiger charge is -2.20. The molecule has 0 aliphatic rings. The first-order valence-corrected chi connectivity index (χ1v) is 29.3. The van der Waals surface area contributed by atoms with Crippen molar-refractivity contribution in [1.82, 2.24) is 5.32 Å². The zero-order valence-electron chi connectivity index (χ0n) is 44.2. The number of allylic oxidation sites excluding steroid dienone is 5. The lowest BCUT2D eigenvalue weighted by Crippen LogP contribution is -2.45. The molecular formula is C60H113NO5. The minimum Gasteiger partial charge on any atom is -0.466 e. The van der Waals surface area contributed by atoms with E-state index in [2.05, 4.69) is 43.5 Å². The van der Waals surface area contributed by atoms with Crippen molar-refractivity contribution in [3.63, 3.8) is 0 Å². The fourth-order valence-corrected chi connectivity index (χ4v) is 8.92. The van der Waals surface area contributed by atoms with E-state index in [9.17, 15) is 19.8 Å². The first-order valence-electron chi connectivity index (χ1n) is 29.3. The van der Waals surface area contributed by atoms with Gasteiger partial charge >= 0.3 is 5.97 Å². The summed E-state index contributed by atoms with van der Waals surface area (Å²) in [6.45, 7) is 4.87. The summed E-state index contributed by atoms with van der Waals surface area (Å²) in [5, 5.41) is 23.0. The molecule has 2 unspecified atom stereocenters. The Morgan fingerprint density at radius 2 is 0.742 bits per heavy atom. The fourth-order valence-electron chi connectivity index (χ4n) is 8.92. The minimum atomic E-state index is -0.850. The van der Waals surface area contributed by atoms with Gasteiger partial charge in [0.15, 0.2) is 0 Å². The average Bonchev–Trinajstić information content (AvgIpc) is 3.32. The van der Waals surface area contributed by atoms with E-state index >= 15 is 0 Å². The van der Waals surface area contributed by atoms with Gasteiger partial charge in [0.2, 0.25) is 5.91 Å². The third-order valence-electron chi connectivity index (χ3n) is 13.4. The van der Waals surface area contributed by atoms with Crippen molar-refractivity contribution in [3.8, 4) is 0 Å². The summed E-state index contributed by atoms with van der Waals surface area (Å²) < 4.78 is 5.47. The Labute approximate surface area is 411 Å². The van der Waals surface area contributed by atoms with Gasteiger partial charge in [-0.25, -0.2) is 0 Å². The van der Waals surface area contributed by atoms with Crippen LogP contribution in [-0.4, -0.2) is 47.4 Å². The number of nitrogens with one attached hydrogen (secondary N) is 1. The normalized spacial score (nSPS) is 12.8. The lowest BCUT2D eigenvalue weighted by molar-refractivity contribution is -0.143. The van der Waals surface area contributed by atoms with Crippen LogP contribution in [-0.2, 0) is 14.3 Å². The SMILES string of the molecule is CCCCCCCCCCCC/C=C/C(O)C(CO)NC(=O)CCCCCCCCCCCC/C=C\C=C/CCCCCOC(=O)CCCCCCCCCCCCCCCCCCCC. The van der Waals surface area contributed by atoms with Crippen LogP contribution >= 0.6 is 0 Å². The number of ether oxygens (including phenoxy) is 1. The van der Waals surface area contributed by atoms with E-state index < -0.39 is 12.1 Å². The molecule has 0 spiro atoms. The van der Waals surface area contributed by atoms with E-state index in [1.54, 1.807) is 6.08 Å². The van der Waals surface area contributed by atoms with Gasteiger partial charge < -0.3 is 20.3 Å². The molecule has 2 atom stereocenters. The highest BCUT2D eigenvalue weighted by atomic mass is 16.5. The molecule has 3 N–H and O–H groups in total. The Morgan fingerprint density at radius 1 is 0.424 bits per heavy atom. The maximum absolute atomic E-state index is 12.4.